The number of piperidine rings is 1. The van der Waals surface area contributed by atoms with Crippen LogP contribution in [0, 0.1) is 11.7 Å². The van der Waals surface area contributed by atoms with Crippen LogP contribution in [0.2, 0.25) is 5.02 Å². The van der Waals surface area contributed by atoms with E-state index < -0.39 is 0 Å². The third-order valence-electron chi connectivity index (χ3n) is 7.90. The molecule has 0 amide bonds. The number of fused-ring (bicyclic) bond motifs is 1. The van der Waals surface area contributed by atoms with Crippen molar-refractivity contribution in [3.05, 3.63) is 75.4 Å². The summed E-state index contributed by atoms with van der Waals surface area (Å²) in [5.74, 6) is -0.159. The van der Waals surface area contributed by atoms with Gasteiger partial charge < -0.3 is 14.1 Å². The monoisotopic (exact) mass is 541 g/mol. The fraction of sp³-hybridized carbons (Fsp3) is 0.448. The summed E-state index contributed by atoms with van der Waals surface area (Å²) in [7, 11) is 1.42. The highest BCUT2D eigenvalue weighted by Crippen LogP contribution is 2.30. The Labute approximate surface area is 226 Å². The molecule has 9 heteroatoms. The number of carbonyl (C=O) groups excluding carboxylic acids is 1. The van der Waals surface area contributed by atoms with E-state index in [4.69, 9.17) is 20.8 Å². The van der Waals surface area contributed by atoms with Crippen LogP contribution in [0.4, 0.5) is 10.1 Å². The van der Waals surface area contributed by atoms with Crippen molar-refractivity contribution in [3.8, 4) is 0 Å². The van der Waals surface area contributed by atoms with Crippen molar-refractivity contribution in [1.82, 2.24) is 9.80 Å². The van der Waals surface area contributed by atoms with Gasteiger partial charge in [-0.15, -0.1) is 0 Å². The Morgan fingerprint density at radius 1 is 1.13 bits per heavy atom. The fourth-order valence-electron chi connectivity index (χ4n) is 5.90. The lowest BCUT2D eigenvalue weighted by Crippen LogP contribution is -2.57. The molecular formula is C29H33ClFN3O4. The van der Waals surface area contributed by atoms with Crippen LogP contribution in [0.1, 0.15) is 24.8 Å². The second-order valence-electron chi connectivity index (χ2n) is 10.2. The van der Waals surface area contributed by atoms with Crippen LogP contribution in [-0.4, -0.2) is 68.2 Å². The number of ether oxygens (including phenoxy) is 1. The molecule has 0 spiro atoms. The average molecular weight is 542 g/mol. The second kappa shape index (κ2) is 11.8. The molecule has 0 saturated carbocycles. The maximum absolute atomic E-state index is 14.3. The number of rotatable bonds is 7. The van der Waals surface area contributed by atoms with E-state index in [0.29, 0.717) is 52.7 Å². The molecule has 3 aromatic rings. The maximum Gasteiger partial charge on any atom is 0.305 e. The number of halogens is 2. The van der Waals surface area contributed by atoms with E-state index >= 15 is 0 Å². The van der Waals surface area contributed by atoms with Crippen molar-refractivity contribution in [2.24, 2.45) is 5.92 Å². The van der Waals surface area contributed by atoms with Crippen molar-refractivity contribution in [2.45, 2.75) is 31.8 Å². The largest absolute Gasteiger partial charge is 0.469 e. The summed E-state index contributed by atoms with van der Waals surface area (Å²) in [6, 6.07) is 12.3. The number of piperazine rings is 1. The first-order valence-electron chi connectivity index (χ1n) is 13.2. The average Bonchev–Trinajstić information content (AvgIpc) is 2.94. The summed E-state index contributed by atoms with van der Waals surface area (Å²) >= 11 is 6.11. The molecule has 2 fully saturated rings. The molecule has 7 nitrogen and oxygen atoms in total. The molecule has 3 heterocycles. The van der Waals surface area contributed by atoms with Gasteiger partial charge in [0.15, 0.2) is 5.43 Å². The molecule has 202 valence electrons. The van der Waals surface area contributed by atoms with E-state index in [1.165, 1.54) is 13.2 Å². The van der Waals surface area contributed by atoms with Gasteiger partial charge in [-0.05, 0) is 49.1 Å². The number of nitrogens with zero attached hydrogens (tertiary/aromatic N) is 3. The topological polar surface area (TPSA) is 66.2 Å². The minimum absolute atomic E-state index is 0.0637. The molecule has 1 aromatic heterocycles. The van der Waals surface area contributed by atoms with Gasteiger partial charge in [0.1, 0.15) is 11.4 Å². The van der Waals surface area contributed by atoms with E-state index in [2.05, 4.69) is 14.7 Å². The van der Waals surface area contributed by atoms with Crippen LogP contribution in [0.3, 0.4) is 0 Å². The van der Waals surface area contributed by atoms with Gasteiger partial charge in [0.2, 0.25) is 0 Å². The zero-order valence-corrected chi connectivity index (χ0v) is 22.3. The second-order valence-corrected chi connectivity index (χ2v) is 10.6. The van der Waals surface area contributed by atoms with Crippen molar-refractivity contribution >= 4 is 34.2 Å². The highest BCUT2D eigenvalue weighted by atomic mass is 35.5. The standard InChI is InChI=1S/C29H33ClFN3O4/c1-37-28(35)9-6-20-17-32(18-21-19-38-27-8-7-22(30)16-23(27)29(21)36)11-10-25(20)33-12-14-34(15-13-33)26-5-3-2-4-24(26)31/h2-5,7-8,16,19-20,25H,6,9-15,17-18H2,1H3/t20-,25+/m1/s1. The Balaban J connectivity index is 1.27. The summed E-state index contributed by atoms with van der Waals surface area (Å²) in [5, 5.41) is 0.987. The zero-order valence-electron chi connectivity index (χ0n) is 21.6. The number of esters is 1. The van der Waals surface area contributed by atoms with Crippen molar-refractivity contribution in [3.63, 3.8) is 0 Å². The molecule has 2 atom stereocenters. The van der Waals surface area contributed by atoms with Gasteiger partial charge in [0.05, 0.1) is 24.4 Å². The molecular weight excluding hydrogens is 509 g/mol. The number of anilines is 1. The van der Waals surface area contributed by atoms with Crippen LogP contribution in [0.25, 0.3) is 11.0 Å². The fourth-order valence-corrected chi connectivity index (χ4v) is 6.08. The van der Waals surface area contributed by atoms with Gasteiger partial charge in [-0.1, -0.05) is 23.7 Å². The third kappa shape index (κ3) is 5.87. The molecule has 2 aliphatic rings. The van der Waals surface area contributed by atoms with Gasteiger partial charge in [0.25, 0.3) is 0 Å². The van der Waals surface area contributed by atoms with E-state index in [9.17, 15) is 14.0 Å². The predicted molar refractivity (Wildman–Crippen MR) is 146 cm³/mol. The Bertz CT molecular complexity index is 1340. The first-order chi connectivity index (χ1) is 18.4. The van der Waals surface area contributed by atoms with Crippen molar-refractivity contribution < 1.29 is 18.3 Å². The van der Waals surface area contributed by atoms with Gasteiger partial charge in [-0.3, -0.25) is 19.4 Å². The molecule has 5 rings (SSSR count). The normalized spacial score (nSPS) is 21.1. The highest BCUT2D eigenvalue weighted by Gasteiger charge is 2.35. The van der Waals surface area contributed by atoms with Crippen molar-refractivity contribution in [2.75, 3.05) is 51.3 Å². The quantitative estimate of drug-likeness (QED) is 0.406. The van der Waals surface area contributed by atoms with Crippen LogP contribution >= 0.6 is 11.6 Å². The van der Waals surface area contributed by atoms with Gasteiger partial charge >= 0.3 is 5.97 Å². The van der Waals surface area contributed by atoms with Gasteiger partial charge in [0, 0.05) is 68.9 Å². The summed E-state index contributed by atoms with van der Waals surface area (Å²) in [6.45, 7) is 5.26. The molecule has 0 N–H and O–H groups in total. The number of para-hydroxylation sites is 1. The maximum atomic E-state index is 14.3. The van der Waals surface area contributed by atoms with Gasteiger partial charge in [-0.25, -0.2) is 4.39 Å². The summed E-state index contributed by atoms with van der Waals surface area (Å²) in [4.78, 5) is 32.0. The molecule has 38 heavy (non-hydrogen) atoms. The molecule has 0 radical (unpaired) electrons. The molecule has 2 aromatic carbocycles. The number of methoxy groups -OCH3 is 1. The molecule has 2 aliphatic heterocycles. The zero-order chi connectivity index (χ0) is 26.6. The Hall–Kier alpha value is -2.94. The van der Waals surface area contributed by atoms with E-state index in [1.807, 2.05) is 12.1 Å². The predicted octanol–water partition coefficient (Wildman–Crippen LogP) is 4.55. The van der Waals surface area contributed by atoms with E-state index in [1.54, 1.807) is 30.5 Å². The van der Waals surface area contributed by atoms with E-state index in [0.717, 1.165) is 45.7 Å². The van der Waals surface area contributed by atoms with Crippen molar-refractivity contribution in [1.29, 1.82) is 0 Å². The number of likely N-dealkylation sites (tertiary alicyclic amines) is 1. The van der Waals surface area contributed by atoms with Gasteiger partial charge in [-0.2, -0.15) is 0 Å². The Morgan fingerprint density at radius 2 is 1.92 bits per heavy atom. The van der Waals surface area contributed by atoms with Crippen LogP contribution in [0.5, 0.6) is 0 Å². The van der Waals surface area contributed by atoms with E-state index in [-0.39, 0.29) is 23.1 Å². The lowest BCUT2D eigenvalue weighted by atomic mass is 9.86. The first-order valence-corrected chi connectivity index (χ1v) is 13.5. The molecule has 0 unspecified atom stereocenters. The molecule has 0 aliphatic carbocycles. The minimum atomic E-state index is -0.211. The number of hydrogen-bond acceptors (Lipinski definition) is 7. The molecule has 2 saturated heterocycles. The number of benzene rings is 2. The Kier molecular flexibility index (Phi) is 8.31. The Morgan fingerprint density at radius 3 is 2.68 bits per heavy atom. The number of carbonyl (C=O) groups is 1. The highest BCUT2D eigenvalue weighted by molar-refractivity contribution is 6.31. The summed E-state index contributed by atoms with van der Waals surface area (Å²) < 4.78 is 25.0. The first kappa shape index (κ1) is 26.7. The summed E-state index contributed by atoms with van der Waals surface area (Å²) in [6.07, 6.45) is 3.55. The minimum Gasteiger partial charge on any atom is -0.469 e. The summed E-state index contributed by atoms with van der Waals surface area (Å²) in [5.41, 5.74) is 1.71. The number of hydrogen-bond donors (Lipinski definition) is 0. The smallest absolute Gasteiger partial charge is 0.305 e. The molecule has 0 bridgehead atoms. The lowest BCUT2D eigenvalue weighted by molar-refractivity contribution is -0.141. The van der Waals surface area contributed by atoms with Crippen LogP contribution in [0.15, 0.2) is 57.9 Å². The SMILES string of the molecule is COC(=O)CC[C@@H]1CN(Cc2coc3ccc(Cl)cc3c2=O)CC[C@@H]1N1CCN(c2ccccc2F)CC1. The lowest BCUT2D eigenvalue weighted by Gasteiger charge is -2.47. The van der Waals surface area contributed by atoms with Crippen LogP contribution in [-0.2, 0) is 16.1 Å². The van der Waals surface area contributed by atoms with Crippen LogP contribution < -0.4 is 10.3 Å². The third-order valence-corrected chi connectivity index (χ3v) is 8.14.